The van der Waals surface area contributed by atoms with Gasteiger partial charge < -0.3 is 10.6 Å². The first-order valence-corrected chi connectivity index (χ1v) is 5.64. The molecule has 1 aliphatic rings. The van der Waals surface area contributed by atoms with Gasteiger partial charge in [-0.05, 0) is 47.0 Å². The van der Waals surface area contributed by atoms with Gasteiger partial charge in [0.15, 0.2) is 5.96 Å². The highest BCUT2D eigenvalue weighted by atomic mass is 15.3. The molecule has 1 aliphatic heterocycles. The van der Waals surface area contributed by atoms with Gasteiger partial charge in [-0.2, -0.15) is 0 Å². The summed E-state index contributed by atoms with van der Waals surface area (Å²) in [5, 5.41) is 0. The molecule has 0 aromatic heterocycles. The number of hydrogen-bond donors (Lipinski definition) is 1. The summed E-state index contributed by atoms with van der Waals surface area (Å²) in [4.78, 5) is 6.69. The monoisotopic (exact) mass is 197 g/mol. The van der Waals surface area contributed by atoms with Crippen LogP contribution in [-0.4, -0.2) is 29.0 Å². The zero-order valence-electron chi connectivity index (χ0n) is 9.83. The number of aliphatic imine (C=N–C) groups is 1. The van der Waals surface area contributed by atoms with Crippen molar-refractivity contribution < 1.29 is 0 Å². The highest BCUT2D eigenvalue weighted by Gasteiger charge is 2.25. The molecule has 0 aliphatic carbocycles. The van der Waals surface area contributed by atoms with Crippen LogP contribution in [0.15, 0.2) is 4.99 Å². The molecular weight excluding hydrogens is 174 g/mol. The van der Waals surface area contributed by atoms with Crippen molar-refractivity contribution in [2.75, 3.05) is 0 Å². The molecule has 0 radical (unpaired) electrons. The molecule has 0 amide bonds. The molecule has 0 aromatic rings. The summed E-state index contributed by atoms with van der Waals surface area (Å²) in [6, 6.07) is 1.37. The molecule has 1 heterocycles. The second-order valence-electron chi connectivity index (χ2n) is 4.62. The fourth-order valence-electron chi connectivity index (χ4n) is 2.20. The molecule has 3 nitrogen and oxygen atoms in total. The van der Waals surface area contributed by atoms with Crippen molar-refractivity contribution in [3.8, 4) is 0 Å². The lowest BCUT2D eigenvalue weighted by Crippen LogP contribution is -2.51. The Kier molecular flexibility index (Phi) is 3.78. The van der Waals surface area contributed by atoms with Crippen molar-refractivity contribution in [2.24, 2.45) is 10.7 Å². The summed E-state index contributed by atoms with van der Waals surface area (Å²) >= 11 is 0. The van der Waals surface area contributed by atoms with Crippen LogP contribution in [0.25, 0.3) is 0 Å². The van der Waals surface area contributed by atoms with Crippen molar-refractivity contribution >= 4 is 5.96 Å². The lowest BCUT2D eigenvalue weighted by atomic mass is 9.98. The van der Waals surface area contributed by atoms with Gasteiger partial charge in [-0.25, -0.2) is 0 Å². The standard InChI is InChI=1S/C11H23N3/c1-8(2)13-11(12)14-9(3)6-5-7-10(14)4/h8-10H,5-7H2,1-4H3,(H2,12,13). The van der Waals surface area contributed by atoms with Gasteiger partial charge >= 0.3 is 0 Å². The van der Waals surface area contributed by atoms with E-state index in [1.54, 1.807) is 0 Å². The fraction of sp³-hybridized carbons (Fsp3) is 0.909. The predicted molar refractivity (Wildman–Crippen MR) is 61.4 cm³/mol. The summed E-state index contributed by atoms with van der Waals surface area (Å²) in [7, 11) is 0. The summed E-state index contributed by atoms with van der Waals surface area (Å²) < 4.78 is 0. The van der Waals surface area contributed by atoms with Gasteiger partial charge in [0.2, 0.25) is 0 Å². The lowest BCUT2D eigenvalue weighted by molar-refractivity contribution is 0.188. The van der Waals surface area contributed by atoms with E-state index in [0.29, 0.717) is 12.1 Å². The van der Waals surface area contributed by atoms with Crippen LogP contribution in [0.2, 0.25) is 0 Å². The van der Waals surface area contributed by atoms with E-state index >= 15 is 0 Å². The first-order valence-electron chi connectivity index (χ1n) is 5.64. The first kappa shape index (κ1) is 11.3. The molecule has 2 N–H and O–H groups in total. The molecule has 3 heteroatoms. The minimum Gasteiger partial charge on any atom is -0.370 e. The minimum absolute atomic E-state index is 0.288. The van der Waals surface area contributed by atoms with E-state index in [0.717, 1.165) is 5.96 Å². The third-order valence-electron chi connectivity index (χ3n) is 2.85. The minimum atomic E-state index is 0.288. The Morgan fingerprint density at radius 1 is 1.29 bits per heavy atom. The number of hydrogen-bond acceptors (Lipinski definition) is 1. The average molecular weight is 197 g/mol. The highest BCUT2D eigenvalue weighted by Crippen LogP contribution is 2.21. The van der Waals surface area contributed by atoms with Gasteiger partial charge in [-0.1, -0.05) is 0 Å². The predicted octanol–water partition coefficient (Wildman–Crippen LogP) is 1.97. The normalized spacial score (nSPS) is 29.8. The number of nitrogens with zero attached hydrogens (tertiary/aromatic N) is 2. The number of nitrogens with two attached hydrogens (primary N) is 1. The second-order valence-corrected chi connectivity index (χ2v) is 4.62. The molecule has 0 bridgehead atoms. The summed E-state index contributed by atoms with van der Waals surface area (Å²) in [6.07, 6.45) is 3.78. The average Bonchev–Trinajstić information content (AvgIpc) is 2.01. The molecule has 2 unspecified atom stereocenters. The van der Waals surface area contributed by atoms with E-state index in [1.165, 1.54) is 19.3 Å². The SMILES string of the molecule is CC(C)N=C(N)N1C(C)CCCC1C. The molecule has 1 rings (SSSR count). The molecule has 0 spiro atoms. The molecule has 0 saturated carbocycles. The lowest BCUT2D eigenvalue weighted by Gasteiger charge is -2.40. The molecule has 1 saturated heterocycles. The summed E-state index contributed by atoms with van der Waals surface area (Å²) in [6.45, 7) is 8.59. The van der Waals surface area contributed by atoms with Gasteiger partial charge in [0, 0.05) is 18.1 Å². The summed E-state index contributed by atoms with van der Waals surface area (Å²) in [5.41, 5.74) is 6.01. The number of piperidine rings is 1. The third-order valence-corrected chi connectivity index (χ3v) is 2.85. The van der Waals surface area contributed by atoms with Gasteiger partial charge in [0.25, 0.3) is 0 Å². The van der Waals surface area contributed by atoms with Crippen LogP contribution in [0.4, 0.5) is 0 Å². The van der Waals surface area contributed by atoms with Crippen molar-refractivity contribution in [2.45, 2.75) is 65.1 Å². The van der Waals surface area contributed by atoms with Crippen LogP contribution in [0.1, 0.15) is 47.0 Å². The van der Waals surface area contributed by atoms with E-state index in [4.69, 9.17) is 5.73 Å². The van der Waals surface area contributed by atoms with E-state index in [9.17, 15) is 0 Å². The zero-order valence-corrected chi connectivity index (χ0v) is 9.83. The van der Waals surface area contributed by atoms with Crippen LogP contribution in [0.3, 0.4) is 0 Å². The Labute approximate surface area is 87.4 Å². The van der Waals surface area contributed by atoms with Crippen LogP contribution in [-0.2, 0) is 0 Å². The zero-order chi connectivity index (χ0) is 10.7. The largest absolute Gasteiger partial charge is 0.370 e. The Bertz CT molecular complexity index is 201. The molecular formula is C11H23N3. The highest BCUT2D eigenvalue weighted by molar-refractivity contribution is 5.79. The molecule has 82 valence electrons. The Morgan fingerprint density at radius 3 is 2.21 bits per heavy atom. The number of rotatable bonds is 1. The second kappa shape index (κ2) is 4.67. The maximum Gasteiger partial charge on any atom is 0.191 e. The van der Waals surface area contributed by atoms with Crippen LogP contribution >= 0.6 is 0 Å². The van der Waals surface area contributed by atoms with Gasteiger partial charge in [-0.3, -0.25) is 4.99 Å². The quantitative estimate of drug-likeness (QED) is 0.516. The molecule has 0 aromatic carbocycles. The Balaban J connectivity index is 2.72. The smallest absolute Gasteiger partial charge is 0.191 e. The van der Waals surface area contributed by atoms with E-state index in [2.05, 4.69) is 37.6 Å². The maximum absolute atomic E-state index is 6.01. The van der Waals surface area contributed by atoms with E-state index in [1.807, 2.05) is 0 Å². The van der Waals surface area contributed by atoms with Gasteiger partial charge in [0.05, 0.1) is 0 Å². The van der Waals surface area contributed by atoms with Crippen LogP contribution in [0, 0.1) is 0 Å². The van der Waals surface area contributed by atoms with Crippen molar-refractivity contribution in [3.63, 3.8) is 0 Å². The Hall–Kier alpha value is -0.730. The van der Waals surface area contributed by atoms with Gasteiger partial charge in [-0.15, -0.1) is 0 Å². The maximum atomic E-state index is 6.01. The van der Waals surface area contributed by atoms with Crippen molar-refractivity contribution in [1.82, 2.24) is 4.90 Å². The number of guanidine groups is 1. The molecule has 14 heavy (non-hydrogen) atoms. The van der Waals surface area contributed by atoms with Gasteiger partial charge in [0.1, 0.15) is 0 Å². The van der Waals surface area contributed by atoms with E-state index < -0.39 is 0 Å². The molecule has 1 fully saturated rings. The van der Waals surface area contributed by atoms with Crippen LogP contribution in [0.5, 0.6) is 0 Å². The topological polar surface area (TPSA) is 41.6 Å². The third kappa shape index (κ3) is 2.63. The van der Waals surface area contributed by atoms with Crippen molar-refractivity contribution in [3.05, 3.63) is 0 Å². The summed E-state index contributed by atoms with van der Waals surface area (Å²) in [5.74, 6) is 0.722. The first-order chi connectivity index (χ1) is 6.52. The number of likely N-dealkylation sites (tertiary alicyclic amines) is 1. The molecule has 2 atom stereocenters. The van der Waals surface area contributed by atoms with E-state index in [-0.39, 0.29) is 6.04 Å². The van der Waals surface area contributed by atoms with Crippen molar-refractivity contribution in [1.29, 1.82) is 0 Å². The Morgan fingerprint density at radius 2 is 1.79 bits per heavy atom. The van der Waals surface area contributed by atoms with Crippen LogP contribution < -0.4 is 5.73 Å². The fourth-order valence-corrected chi connectivity index (χ4v) is 2.20.